The van der Waals surface area contributed by atoms with Gasteiger partial charge in [-0.2, -0.15) is 0 Å². The van der Waals surface area contributed by atoms with Crippen LogP contribution in [0.1, 0.15) is 23.6 Å². The first kappa shape index (κ1) is 12.3. The van der Waals surface area contributed by atoms with Crippen LogP contribution in [0.2, 0.25) is 0 Å². The van der Waals surface area contributed by atoms with Crippen LogP contribution in [0.3, 0.4) is 0 Å². The van der Waals surface area contributed by atoms with Gasteiger partial charge in [0.05, 0.1) is 22.9 Å². The third-order valence-corrected chi connectivity index (χ3v) is 2.85. The van der Waals surface area contributed by atoms with Crippen molar-refractivity contribution in [1.82, 2.24) is 0 Å². The van der Waals surface area contributed by atoms with Gasteiger partial charge in [0.25, 0.3) is 0 Å². The first-order chi connectivity index (χ1) is 7.04. The van der Waals surface area contributed by atoms with Gasteiger partial charge in [0.2, 0.25) is 0 Å². The van der Waals surface area contributed by atoms with E-state index in [9.17, 15) is 4.79 Å². The van der Waals surface area contributed by atoms with Gasteiger partial charge in [-0.3, -0.25) is 4.79 Å². The lowest BCUT2D eigenvalue weighted by atomic mass is 10.0. The molecule has 3 nitrogen and oxygen atoms in total. The van der Waals surface area contributed by atoms with E-state index in [1.165, 1.54) is 6.92 Å². The maximum Gasteiger partial charge on any atom is 0.302 e. The van der Waals surface area contributed by atoms with Gasteiger partial charge in [-0.15, -0.1) is 0 Å². The van der Waals surface area contributed by atoms with Crippen molar-refractivity contribution in [3.05, 3.63) is 28.8 Å². The number of carbonyl (C=O) groups is 1. The smallest absolute Gasteiger partial charge is 0.302 e. The number of nitrogens with one attached hydrogen (secondary N) is 1. The van der Waals surface area contributed by atoms with Gasteiger partial charge in [0, 0.05) is 12.6 Å². The molecule has 0 spiro atoms. The number of halogens is 1. The highest BCUT2D eigenvalue weighted by Crippen LogP contribution is 2.21. The molecule has 82 valence electrons. The Kier molecular flexibility index (Phi) is 4.38. The van der Waals surface area contributed by atoms with E-state index in [1.54, 1.807) is 0 Å². The van der Waals surface area contributed by atoms with Crippen LogP contribution in [-0.2, 0) is 16.1 Å². The van der Waals surface area contributed by atoms with Gasteiger partial charge in [-0.05, 0) is 42.7 Å². The molecule has 1 rings (SSSR count). The fourth-order valence-electron chi connectivity index (χ4n) is 1.45. The lowest BCUT2D eigenvalue weighted by Gasteiger charge is -2.11. The zero-order valence-corrected chi connectivity index (χ0v) is 11.2. The molecular formula is C11H14INO2. The molecule has 1 aromatic rings. The zero-order chi connectivity index (χ0) is 11.4. The standard InChI is InChI=1S/C11H14INO2/c1-7-4-10(13-12)5-8(2)11(7)6-15-9(3)14/h4-5,13H,6H2,1-3H3. The highest BCUT2D eigenvalue weighted by molar-refractivity contribution is 14.1. The minimum atomic E-state index is -0.245. The third kappa shape index (κ3) is 3.37. The summed E-state index contributed by atoms with van der Waals surface area (Å²) in [4.78, 5) is 10.7. The Labute approximate surface area is 104 Å². The monoisotopic (exact) mass is 319 g/mol. The number of esters is 1. The van der Waals surface area contributed by atoms with E-state index < -0.39 is 0 Å². The number of aryl methyl sites for hydroxylation is 2. The van der Waals surface area contributed by atoms with E-state index in [-0.39, 0.29) is 5.97 Å². The molecule has 0 saturated carbocycles. The maximum absolute atomic E-state index is 10.7. The van der Waals surface area contributed by atoms with E-state index in [0.29, 0.717) is 6.61 Å². The van der Waals surface area contributed by atoms with E-state index in [4.69, 9.17) is 4.74 Å². The molecule has 15 heavy (non-hydrogen) atoms. The second-order valence-corrected chi connectivity index (χ2v) is 4.00. The summed E-state index contributed by atoms with van der Waals surface area (Å²) in [6.07, 6.45) is 0. The molecule has 0 aromatic heterocycles. The van der Waals surface area contributed by atoms with E-state index in [2.05, 4.69) is 26.4 Å². The number of benzene rings is 1. The van der Waals surface area contributed by atoms with Crippen molar-refractivity contribution in [2.45, 2.75) is 27.4 Å². The molecule has 0 radical (unpaired) electrons. The van der Waals surface area contributed by atoms with Crippen LogP contribution in [-0.4, -0.2) is 5.97 Å². The summed E-state index contributed by atoms with van der Waals surface area (Å²) in [5.41, 5.74) is 4.42. The topological polar surface area (TPSA) is 38.3 Å². The molecule has 0 aliphatic heterocycles. The number of anilines is 1. The van der Waals surface area contributed by atoms with Crippen LogP contribution in [0.4, 0.5) is 5.69 Å². The van der Waals surface area contributed by atoms with Crippen molar-refractivity contribution in [3.63, 3.8) is 0 Å². The Bertz CT molecular complexity index is 354. The van der Waals surface area contributed by atoms with Gasteiger partial charge in [0.15, 0.2) is 0 Å². The minimum absolute atomic E-state index is 0.245. The predicted molar refractivity (Wildman–Crippen MR) is 69.0 cm³/mol. The molecular weight excluding hydrogens is 305 g/mol. The van der Waals surface area contributed by atoms with E-state index >= 15 is 0 Å². The molecule has 0 bridgehead atoms. The molecule has 0 fully saturated rings. The van der Waals surface area contributed by atoms with Crippen molar-refractivity contribution < 1.29 is 9.53 Å². The van der Waals surface area contributed by atoms with Gasteiger partial charge in [-0.25, -0.2) is 0 Å². The summed E-state index contributed by atoms with van der Waals surface area (Å²) in [7, 11) is 0. The summed E-state index contributed by atoms with van der Waals surface area (Å²) in [5.74, 6) is -0.245. The predicted octanol–water partition coefficient (Wildman–Crippen LogP) is 3.13. The molecule has 0 heterocycles. The number of hydrogen-bond donors (Lipinski definition) is 1. The Morgan fingerprint density at radius 2 is 1.93 bits per heavy atom. The molecule has 0 atom stereocenters. The fourth-order valence-corrected chi connectivity index (χ4v) is 1.76. The van der Waals surface area contributed by atoms with Crippen LogP contribution in [0, 0.1) is 13.8 Å². The van der Waals surface area contributed by atoms with Crippen LogP contribution in [0.25, 0.3) is 0 Å². The summed E-state index contributed by atoms with van der Waals surface area (Å²) in [5, 5.41) is 0. The second-order valence-electron chi connectivity index (χ2n) is 3.46. The molecule has 0 saturated heterocycles. The highest BCUT2D eigenvalue weighted by Gasteiger charge is 2.06. The molecule has 0 aliphatic carbocycles. The number of hydrogen-bond acceptors (Lipinski definition) is 3. The SMILES string of the molecule is CC(=O)OCc1c(C)cc(NI)cc1C. The summed E-state index contributed by atoms with van der Waals surface area (Å²) >= 11 is 2.09. The fraction of sp³-hybridized carbons (Fsp3) is 0.364. The minimum Gasteiger partial charge on any atom is -0.461 e. The van der Waals surface area contributed by atoms with E-state index in [0.717, 1.165) is 22.4 Å². The quantitative estimate of drug-likeness (QED) is 0.528. The molecule has 0 aliphatic rings. The van der Waals surface area contributed by atoms with Gasteiger partial charge < -0.3 is 8.27 Å². The maximum atomic E-state index is 10.7. The summed E-state index contributed by atoms with van der Waals surface area (Å²) < 4.78 is 8.06. The van der Waals surface area contributed by atoms with E-state index in [1.807, 2.05) is 26.0 Å². The first-order valence-electron chi connectivity index (χ1n) is 4.64. The van der Waals surface area contributed by atoms with Crippen LogP contribution in [0.15, 0.2) is 12.1 Å². The highest BCUT2D eigenvalue weighted by atomic mass is 127. The summed E-state index contributed by atoms with van der Waals surface area (Å²) in [6, 6.07) is 4.08. The van der Waals surface area contributed by atoms with Crippen molar-refractivity contribution in [1.29, 1.82) is 0 Å². The number of ether oxygens (including phenoxy) is 1. The molecule has 1 N–H and O–H groups in total. The van der Waals surface area contributed by atoms with Crippen LogP contribution < -0.4 is 3.53 Å². The number of carbonyl (C=O) groups excluding carboxylic acids is 1. The zero-order valence-electron chi connectivity index (χ0n) is 9.06. The Morgan fingerprint density at radius 3 is 2.33 bits per heavy atom. The summed E-state index contributed by atoms with van der Waals surface area (Å²) in [6.45, 7) is 5.81. The van der Waals surface area contributed by atoms with Crippen molar-refractivity contribution in [2.24, 2.45) is 0 Å². The lowest BCUT2D eigenvalue weighted by Crippen LogP contribution is -2.02. The van der Waals surface area contributed by atoms with Crippen LogP contribution >= 0.6 is 22.9 Å². The van der Waals surface area contributed by atoms with Gasteiger partial charge >= 0.3 is 5.97 Å². The third-order valence-electron chi connectivity index (χ3n) is 2.22. The Balaban J connectivity index is 2.92. The second kappa shape index (κ2) is 5.34. The van der Waals surface area contributed by atoms with Gasteiger partial charge in [0.1, 0.15) is 6.61 Å². The van der Waals surface area contributed by atoms with Crippen molar-refractivity contribution >= 4 is 34.5 Å². The average Bonchev–Trinajstić information content (AvgIpc) is 2.15. The van der Waals surface area contributed by atoms with Crippen LogP contribution in [0.5, 0.6) is 0 Å². The average molecular weight is 319 g/mol. The number of rotatable bonds is 3. The van der Waals surface area contributed by atoms with Crippen molar-refractivity contribution in [3.8, 4) is 0 Å². The lowest BCUT2D eigenvalue weighted by molar-refractivity contribution is -0.142. The normalized spacial score (nSPS) is 9.87. The Morgan fingerprint density at radius 1 is 1.40 bits per heavy atom. The molecule has 1 aromatic carbocycles. The Hall–Kier alpha value is -0.780. The first-order valence-corrected chi connectivity index (χ1v) is 5.72. The molecule has 4 heteroatoms. The molecule has 0 unspecified atom stereocenters. The molecule has 0 amide bonds. The van der Waals surface area contributed by atoms with Gasteiger partial charge in [-0.1, -0.05) is 0 Å². The largest absolute Gasteiger partial charge is 0.461 e. The van der Waals surface area contributed by atoms with Crippen molar-refractivity contribution in [2.75, 3.05) is 3.53 Å².